The molecular weight excluding hydrogens is 502 g/mol. The first-order valence-corrected chi connectivity index (χ1v) is 17.0. The number of nitrogens with zero attached hydrogens (tertiary/aromatic N) is 1. The summed E-state index contributed by atoms with van der Waals surface area (Å²) in [6.45, 7) is 9.44. The number of hydroxylamine groups is 3. The summed E-state index contributed by atoms with van der Waals surface area (Å²) in [7, 11) is -1.42. The van der Waals surface area contributed by atoms with Gasteiger partial charge in [0.15, 0.2) is 0 Å². The zero-order valence-corrected chi connectivity index (χ0v) is 26.6. The Morgan fingerprint density at radius 1 is 0.632 bits per heavy atom. The fourth-order valence-electron chi connectivity index (χ4n) is 4.42. The zero-order chi connectivity index (χ0) is 29.0. The lowest BCUT2D eigenvalue weighted by atomic mass is 10.0. The maximum Gasteiger partial charge on any atom is 0.217 e. The highest BCUT2D eigenvalue weighted by Gasteiger charge is 2.22. The highest BCUT2D eigenvalue weighted by molar-refractivity contribution is 7.80. The molecule has 0 aliphatic carbocycles. The van der Waals surface area contributed by atoms with Crippen LogP contribution in [0.5, 0.6) is 0 Å². The molecule has 230 valence electrons. The fraction of sp³-hybridized carbons (Fsp3) is 0.967. The van der Waals surface area contributed by atoms with Crippen LogP contribution in [0.2, 0.25) is 0 Å². The van der Waals surface area contributed by atoms with Crippen molar-refractivity contribution in [2.24, 2.45) is 0 Å². The molecule has 0 aliphatic rings. The number of ketones is 1. The van der Waals surface area contributed by atoms with Crippen molar-refractivity contribution in [3.63, 3.8) is 0 Å². The number of unbranched alkanes of at least 4 members (excludes halogenated alkanes) is 16. The summed E-state index contributed by atoms with van der Waals surface area (Å²) in [4.78, 5) is 18.4. The predicted octanol–water partition coefficient (Wildman–Crippen LogP) is 8.28. The molecule has 0 aromatic rings. The first-order valence-electron chi connectivity index (χ1n) is 15.7. The Kier molecular flexibility index (Phi) is 29.2. The van der Waals surface area contributed by atoms with Crippen LogP contribution in [0.25, 0.3) is 0 Å². The van der Waals surface area contributed by atoms with Crippen LogP contribution in [-0.2, 0) is 24.2 Å². The Balaban J connectivity index is 0. The summed E-state index contributed by atoms with van der Waals surface area (Å²) >= 11 is 0. The summed E-state index contributed by atoms with van der Waals surface area (Å²) in [5.74, 6) is 0.386. The van der Waals surface area contributed by atoms with Crippen LogP contribution in [0, 0.1) is 0 Å². The topological polar surface area (TPSA) is 92.7 Å². The van der Waals surface area contributed by atoms with Crippen molar-refractivity contribution in [1.29, 1.82) is 0 Å². The molecule has 0 amide bonds. The van der Waals surface area contributed by atoms with Gasteiger partial charge in [0.05, 0.1) is 14.2 Å². The Morgan fingerprint density at radius 3 is 1.32 bits per heavy atom. The van der Waals surface area contributed by atoms with Crippen LogP contribution < -0.4 is 0 Å². The average Bonchev–Trinajstić information content (AvgIpc) is 2.88. The quantitative estimate of drug-likeness (QED) is 0.0327. The van der Waals surface area contributed by atoms with Gasteiger partial charge in [0.25, 0.3) is 0 Å². The molecule has 0 aliphatic heterocycles. The van der Waals surface area contributed by atoms with Crippen LogP contribution >= 0.6 is 0 Å². The van der Waals surface area contributed by atoms with Crippen LogP contribution in [0.1, 0.15) is 156 Å². The molecule has 0 rings (SSSR count). The summed E-state index contributed by atoms with van der Waals surface area (Å²) in [6.07, 6.45) is 26.6. The second-order valence-corrected chi connectivity index (χ2v) is 12.0. The number of quaternary nitrogens is 1. The molecule has 0 unspecified atom stereocenters. The van der Waals surface area contributed by atoms with E-state index in [4.69, 9.17) is 4.84 Å². The van der Waals surface area contributed by atoms with Crippen molar-refractivity contribution in [3.05, 3.63) is 0 Å². The van der Waals surface area contributed by atoms with Gasteiger partial charge >= 0.3 is 0 Å². The highest BCUT2D eigenvalue weighted by atomic mass is 32.3. The Morgan fingerprint density at radius 2 is 0.974 bits per heavy atom. The van der Waals surface area contributed by atoms with E-state index in [9.17, 15) is 17.8 Å². The lowest BCUT2D eigenvalue weighted by Gasteiger charge is -2.31. The van der Waals surface area contributed by atoms with Crippen molar-refractivity contribution < 1.29 is 31.4 Å². The minimum atomic E-state index is -4.41. The van der Waals surface area contributed by atoms with Crippen LogP contribution in [0.4, 0.5) is 0 Å². The van der Waals surface area contributed by atoms with Crippen molar-refractivity contribution in [2.75, 3.05) is 33.9 Å². The van der Waals surface area contributed by atoms with Gasteiger partial charge in [-0.15, -0.1) is 0 Å². The first kappa shape index (κ1) is 39.6. The van der Waals surface area contributed by atoms with Crippen molar-refractivity contribution in [3.8, 4) is 0 Å². The van der Waals surface area contributed by atoms with Gasteiger partial charge in [0.2, 0.25) is 10.4 Å². The van der Waals surface area contributed by atoms with Crippen LogP contribution in [0.15, 0.2) is 0 Å². The summed E-state index contributed by atoms with van der Waals surface area (Å²) in [6, 6.07) is 0. The van der Waals surface area contributed by atoms with Gasteiger partial charge in [0, 0.05) is 12.8 Å². The predicted molar refractivity (Wildman–Crippen MR) is 158 cm³/mol. The van der Waals surface area contributed by atoms with E-state index in [0.717, 1.165) is 33.0 Å². The molecule has 7 nitrogen and oxygen atoms in total. The second kappa shape index (κ2) is 28.0. The van der Waals surface area contributed by atoms with E-state index in [1.807, 2.05) is 0 Å². The molecule has 0 aromatic carbocycles. The van der Waals surface area contributed by atoms with E-state index in [1.54, 1.807) is 0 Å². The lowest BCUT2D eigenvalue weighted by molar-refractivity contribution is -1.09. The number of hydrogen-bond donors (Lipinski definition) is 0. The minimum absolute atomic E-state index is 0.386. The molecule has 0 saturated heterocycles. The maximum absolute atomic E-state index is 12.2. The first-order chi connectivity index (χ1) is 18.1. The highest BCUT2D eigenvalue weighted by Crippen LogP contribution is 2.15. The molecule has 0 aromatic heterocycles. The van der Waals surface area contributed by atoms with Gasteiger partial charge < -0.3 is 4.55 Å². The third kappa shape index (κ3) is 31.7. The third-order valence-electron chi connectivity index (χ3n) is 7.02. The second-order valence-electron chi connectivity index (χ2n) is 10.8. The van der Waals surface area contributed by atoms with E-state index in [0.29, 0.717) is 23.5 Å². The largest absolute Gasteiger partial charge is 0.726 e. The SMILES string of the molecule is CCCCCCCCCCCCCCCCCC(=O)CCO[N+](C)(CCCC)CCCC.COS(=O)(=O)[O-]. The molecule has 0 spiro atoms. The molecule has 8 heteroatoms. The van der Waals surface area contributed by atoms with Gasteiger partial charge in [-0.25, -0.2) is 13.3 Å². The molecule has 0 saturated carbocycles. The normalized spacial score (nSPS) is 11.8. The summed E-state index contributed by atoms with van der Waals surface area (Å²) < 4.78 is 31.7. The van der Waals surface area contributed by atoms with Crippen molar-refractivity contribution in [1.82, 2.24) is 0 Å². The monoisotopic (exact) mass is 565 g/mol. The molecular formula is C30H63NO6S. The van der Waals surface area contributed by atoms with E-state index >= 15 is 0 Å². The van der Waals surface area contributed by atoms with E-state index in [2.05, 4.69) is 32.0 Å². The van der Waals surface area contributed by atoms with Gasteiger partial charge in [-0.3, -0.25) is 8.98 Å². The maximum atomic E-state index is 12.2. The average molecular weight is 566 g/mol. The van der Waals surface area contributed by atoms with E-state index < -0.39 is 10.4 Å². The Hall–Kier alpha value is -0.540. The van der Waals surface area contributed by atoms with Gasteiger partial charge in [-0.2, -0.15) is 4.65 Å². The molecule has 0 fully saturated rings. The molecule has 0 heterocycles. The van der Waals surface area contributed by atoms with Gasteiger partial charge in [0.1, 0.15) is 25.5 Å². The van der Waals surface area contributed by atoms with Crippen LogP contribution in [-0.4, -0.2) is 57.3 Å². The smallest absolute Gasteiger partial charge is 0.217 e. The van der Waals surface area contributed by atoms with Crippen molar-refractivity contribution in [2.45, 2.75) is 156 Å². The number of carbonyl (C=O) groups is 1. The minimum Gasteiger partial charge on any atom is -0.726 e. The third-order valence-corrected chi connectivity index (χ3v) is 7.42. The number of carbonyl (C=O) groups excluding carboxylic acids is 1. The molecule has 0 radical (unpaired) electrons. The fourth-order valence-corrected chi connectivity index (χ4v) is 4.42. The molecule has 0 atom stereocenters. The summed E-state index contributed by atoms with van der Waals surface area (Å²) in [5.41, 5.74) is 0. The van der Waals surface area contributed by atoms with E-state index in [-0.39, 0.29) is 0 Å². The van der Waals surface area contributed by atoms with Gasteiger partial charge in [-0.05, 0) is 19.3 Å². The number of hydrogen-bond acceptors (Lipinski definition) is 6. The molecule has 0 bridgehead atoms. The molecule has 38 heavy (non-hydrogen) atoms. The lowest BCUT2D eigenvalue weighted by Crippen LogP contribution is -2.45. The van der Waals surface area contributed by atoms with Crippen molar-refractivity contribution >= 4 is 16.2 Å². The number of rotatable bonds is 27. The summed E-state index contributed by atoms with van der Waals surface area (Å²) in [5, 5.41) is 0. The number of Topliss-reactive ketones (excluding diaryl/α,β-unsaturated/α-hetero) is 1. The molecule has 0 N–H and O–H groups in total. The van der Waals surface area contributed by atoms with Gasteiger partial charge in [-0.1, -0.05) is 124 Å². The Bertz CT molecular complexity index is 604. The van der Waals surface area contributed by atoms with E-state index in [1.165, 1.54) is 116 Å². The Labute approximate surface area is 236 Å². The zero-order valence-electron chi connectivity index (χ0n) is 25.8. The van der Waals surface area contributed by atoms with Crippen LogP contribution in [0.3, 0.4) is 0 Å². The standard InChI is InChI=1S/C29H60NO2.CH4O4S/c1-5-8-11-12-13-14-15-16-17-18-19-20-21-22-23-24-29(31)25-28-32-30(4,26-9-6-2)27-10-7-3;1-5-6(2,3)4/h5-28H2,1-4H3;1H3,(H,2,3,4)/q+1;/p-1.